The molecule has 2 rings (SSSR count). The molecule has 1 atom stereocenters. The number of benzene rings is 1. The molecule has 0 fully saturated rings. The lowest BCUT2D eigenvalue weighted by Gasteiger charge is -2.08. The Morgan fingerprint density at radius 3 is 2.57 bits per heavy atom. The van der Waals surface area contributed by atoms with Crippen molar-refractivity contribution in [1.29, 1.82) is 0 Å². The minimum Gasteiger partial charge on any atom is -0.322 e. The summed E-state index contributed by atoms with van der Waals surface area (Å²) in [4.78, 5) is 16.4. The molecule has 2 aromatic rings. The maximum Gasteiger partial charge on any atom is 0.257 e. The first-order valence-electron chi connectivity index (χ1n) is 6.78. The molecule has 1 aromatic carbocycles. The average Bonchev–Trinajstić information content (AvgIpc) is 2.50. The van der Waals surface area contributed by atoms with Crippen molar-refractivity contribution in [2.45, 2.75) is 30.5 Å². The van der Waals surface area contributed by atoms with Crippen LogP contribution in [0.5, 0.6) is 0 Å². The SMILES string of the molecule is CC[C@@H](C)Sc1ccc(C(=O)Nc2ccc(Cl)cc2)cn1. The van der Waals surface area contributed by atoms with E-state index in [0.29, 0.717) is 21.5 Å². The van der Waals surface area contributed by atoms with Gasteiger partial charge in [0.15, 0.2) is 0 Å². The highest BCUT2D eigenvalue weighted by atomic mass is 35.5. The van der Waals surface area contributed by atoms with Gasteiger partial charge in [0.1, 0.15) is 0 Å². The third kappa shape index (κ3) is 4.76. The lowest BCUT2D eigenvalue weighted by atomic mass is 10.2. The fourth-order valence-electron chi connectivity index (χ4n) is 1.61. The highest BCUT2D eigenvalue weighted by Gasteiger charge is 2.08. The highest BCUT2D eigenvalue weighted by molar-refractivity contribution is 7.99. The number of halogens is 1. The largest absolute Gasteiger partial charge is 0.322 e. The van der Waals surface area contributed by atoms with Gasteiger partial charge in [-0.1, -0.05) is 25.4 Å². The summed E-state index contributed by atoms with van der Waals surface area (Å²) in [5.74, 6) is -0.176. The van der Waals surface area contributed by atoms with Crippen LogP contribution in [0.1, 0.15) is 30.6 Å². The van der Waals surface area contributed by atoms with Crippen LogP contribution in [0.25, 0.3) is 0 Å². The molecule has 0 aliphatic rings. The molecule has 5 heteroatoms. The third-order valence-corrected chi connectivity index (χ3v) is 4.47. The van der Waals surface area contributed by atoms with Gasteiger partial charge in [-0.3, -0.25) is 4.79 Å². The van der Waals surface area contributed by atoms with E-state index in [1.165, 1.54) is 0 Å². The summed E-state index contributed by atoms with van der Waals surface area (Å²) in [6.07, 6.45) is 2.70. The number of aromatic nitrogens is 1. The first-order valence-corrected chi connectivity index (χ1v) is 8.04. The Morgan fingerprint density at radius 2 is 2.00 bits per heavy atom. The molecule has 0 saturated heterocycles. The maximum absolute atomic E-state index is 12.1. The van der Waals surface area contributed by atoms with Crippen LogP contribution in [0.3, 0.4) is 0 Å². The second-order valence-electron chi connectivity index (χ2n) is 4.68. The molecule has 0 radical (unpaired) electrons. The van der Waals surface area contributed by atoms with Crippen molar-refractivity contribution in [2.75, 3.05) is 5.32 Å². The van der Waals surface area contributed by atoms with Crippen molar-refractivity contribution in [3.63, 3.8) is 0 Å². The maximum atomic E-state index is 12.1. The standard InChI is InChI=1S/C16H17ClN2OS/c1-3-11(2)21-15-9-4-12(10-18-15)16(20)19-14-7-5-13(17)6-8-14/h4-11H,3H2,1-2H3,(H,19,20)/t11-/m1/s1. The summed E-state index contributed by atoms with van der Waals surface area (Å²) >= 11 is 7.52. The van der Waals surface area contributed by atoms with Gasteiger partial charge in [0.25, 0.3) is 5.91 Å². The van der Waals surface area contributed by atoms with Gasteiger partial charge in [0, 0.05) is 22.2 Å². The fraction of sp³-hybridized carbons (Fsp3) is 0.250. The molecule has 0 aliphatic carbocycles. The Labute approximate surface area is 134 Å². The molecular formula is C16H17ClN2OS. The monoisotopic (exact) mass is 320 g/mol. The number of pyridine rings is 1. The van der Waals surface area contributed by atoms with E-state index in [4.69, 9.17) is 11.6 Å². The smallest absolute Gasteiger partial charge is 0.257 e. The van der Waals surface area contributed by atoms with E-state index in [9.17, 15) is 4.79 Å². The molecule has 1 N–H and O–H groups in total. The average molecular weight is 321 g/mol. The molecule has 1 heterocycles. The number of anilines is 1. The Kier molecular flexibility index (Phi) is 5.65. The molecular weight excluding hydrogens is 304 g/mol. The lowest BCUT2D eigenvalue weighted by Crippen LogP contribution is -2.12. The topological polar surface area (TPSA) is 42.0 Å². The highest BCUT2D eigenvalue weighted by Crippen LogP contribution is 2.23. The van der Waals surface area contributed by atoms with E-state index < -0.39 is 0 Å². The minimum absolute atomic E-state index is 0.176. The summed E-state index contributed by atoms with van der Waals surface area (Å²) in [6.45, 7) is 4.30. The molecule has 0 unspecified atom stereocenters. The predicted molar refractivity (Wildman–Crippen MR) is 89.3 cm³/mol. The van der Waals surface area contributed by atoms with Gasteiger partial charge in [-0.25, -0.2) is 4.98 Å². The van der Waals surface area contributed by atoms with E-state index in [0.717, 1.165) is 11.4 Å². The molecule has 110 valence electrons. The molecule has 0 spiro atoms. The lowest BCUT2D eigenvalue weighted by molar-refractivity contribution is 0.102. The van der Waals surface area contributed by atoms with Crippen LogP contribution in [0, 0.1) is 0 Å². The van der Waals surface area contributed by atoms with Crippen molar-refractivity contribution < 1.29 is 4.79 Å². The molecule has 1 aromatic heterocycles. The third-order valence-electron chi connectivity index (χ3n) is 3.00. The number of carbonyl (C=O) groups excluding carboxylic acids is 1. The molecule has 0 bridgehead atoms. The molecule has 1 amide bonds. The van der Waals surface area contributed by atoms with E-state index in [1.54, 1.807) is 48.3 Å². The van der Waals surface area contributed by atoms with Gasteiger partial charge in [0.05, 0.1) is 10.6 Å². The Bertz CT molecular complexity index is 599. The summed E-state index contributed by atoms with van der Waals surface area (Å²) in [5.41, 5.74) is 1.25. The van der Waals surface area contributed by atoms with Crippen LogP contribution in [-0.2, 0) is 0 Å². The number of carbonyl (C=O) groups is 1. The van der Waals surface area contributed by atoms with Crippen molar-refractivity contribution in [3.05, 3.63) is 53.2 Å². The Morgan fingerprint density at radius 1 is 1.29 bits per heavy atom. The summed E-state index contributed by atoms with van der Waals surface area (Å²) < 4.78 is 0. The molecule has 3 nitrogen and oxygen atoms in total. The summed E-state index contributed by atoms with van der Waals surface area (Å²) in [6, 6.07) is 10.7. The minimum atomic E-state index is -0.176. The number of hydrogen-bond acceptors (Lipinski definition) is 3. The van der Waals surface area contributed by atoms with Crippen LogP contribution >= 0.6 is 23.4 Å². The van der Waals surface area contributed by atoms with Crippen LogP contribution in [0.15, 0.2) is 47.6 Å². The van der Waals surface area contributed by atoms with Crippen molar-refractivity contribution in [2.24, 2.45) is 0 Å². The van der Waals surface area contributed by atoms with Crippen molar-refractivity contribution >= 4 is 35.0 Å². The Balaban J connectivity index is 2.01. The number of nitrogens with zero attached hydrogens (tertiary/aromatic N) is 1. The van der Waals surface area contributed by atoms with Crippen molar-refractivity contribution in [1.82, 2.24) is 4.98 Å². The second kappa shape index (κ2) is 7.48. The van der Waals surface area contributed by atoms with Gasteiger partial charge in [-0.05, 0) is 42.8 Å². The van der Waals surface area contributed by atoms with E-state index in [2.05, 4.69) is 24.1 Å². The van der Waals surface area contributed by atoms with Gasteiger partial charge in [-0.15, -0.1) is 11.8 Å². The second-order valence-corrected chi connectivity index (χ2v) is 6.58. The number of hydrogen-bond donors (Lipinski definition) is 1. The van der Waals surface area contributed by atoms with Crippen LogP contribution < -0.4 is 5.32 Å². The van der Waals surface area contributed by atoms with E-state index >= 15 is 0 Å². The zero-order chi connectivity index (χ0) is 15.2. The first-order chi connectivity index (χ1) is 10.1. The van der Waals surface area contributed by atoms with Gasteiger partial charge in [-0.2, -0.15) is 0 Å². The number of thioether (sulfide) groups is 1. The van der Waals surface area contributed by atoms with Crippen LogP contribution in [0.2, 0.25) is 5.02 Å². The van der Waals surface area contributed by atoms with Gasteiger partial charge >= 0.3 is 0 Å². The fourth-order valence-corrected chi connectivity index (χ4v) is 2.58. The molecule has 0 aliphatic heterocycles. The van der Waals surface area contributed by atoms with Gasteiger partial charge < -0.3 is 5.32 Å². The van der Waals surface area contributed by atoms with Crippen LogP contribution in [-0.4, -0.2) is 16.1 Å². The van der Waals surface area contributed by atoms with E-state index in [-0.39, 0.29) is 5.91 Å². The number of rotatable bonds is 5. The van der Waals surface area contributed by atoms with Crippen LogP contribution in [0.4, 0.5) is 5.69 Å². The van der Waals surface area contributed by atoms with E-state index in [1.807, 2.05) is 6.07 Å². The predicted octanol–water partition coefficient (Wildman–Crippen LogP) is 4.88. The zero-order valence-electron chi connectivity index (χ0n) is 12.0. The van der Waals surface area contributed by atoms with Gasteiger partial charge in [0.2, 0.25) is 0 Å². The number of nitrogens with one attached hydrogen (secondary N) is 1. The Hall–Kier alpha value is -1.52. The molecule has 21 heavy (non-hydrogen) atoms. The number of amides is 1. The molecule has 0 saturated carbocycles. The zero-order valence-corrected chi connectivity index (χ0v) is 13.5. The van der Waals surface area contributed by atoms with Crippen molar-refractivity contribution in [3.8, 4) is 0 Å². The quantitative estimate of drug-likeness (QED) is 0.798. The summed E-state index contributed by atoms with van der Waals surface area (Å²) in [5, 5.41) is 4.91. The summed E-state index contributed by atoms with van der Waals surface area (Å²) in [7, 11) is 0. The first kappa shape index (κ1) is 15.9. The normalized spacial score (nSPS) is 12.0.